The molecule has 0 saturated heterocycles. The minimum Gasteiger partial charge on any atom is -0.480 e. The van der Waals surface area contributed by atoms with Gasteiger partial charge in [-0.2, -0.15) is 0 Å². The van der Waals surface area contributed by atoms with Gasteiger partial charge >= 0.3 is 5.97 Å². The number of nitrogens with one attached hydrogen (secondary N) is 1. The molecule has 2 N–H and O–H groups in total. The van der Waals surface area contributed by atoms with Gasteiger partial charge in [0.1, 0.15) is 6.04 Å². The number of aliphatic carboxylic acids is 1. The first kappa shape index (κ1) is 15.7. The summed E-state index contributed by atoms with van der Waals surface area (Å²) in [5.74, 6) is 0.0649. The molecule has 3 nitrogen and oxygen atoms in total. The van der Waals surface area contributed by atoms with Crippen molar-refractivity contribution in [1.82, 2.24) is 5.32 Å². The summed E-state index contributed by atoms with van der Waals surface area (Å²) in [6.07, 6.45) is 1.65. The van der Waals surface area contributed by atoms with Crippen molar-refractivity contribution >= 4 is 5.97 Å². The molecule has 0 bridgehead atoms. The van der Waals surface area contributed by atoms with Crippen molar-refractivity contribution in [3.63, 3.8) is 0 Å². The molecule has 19 heavy (non-hydrogen) atoms. The van der Waals surface area contributed by atoms with Crippen LogP contribution in [0, 0.1) is 11.8 Å². The Bertz CT molecular complexity index is 376. The smallest absolute Gasteiger partial charge is 0.320 e. The standard InChI is InChI=1S/C16H25NO2/c1-12(2)9-15(16(18)19)17-11-13(3)10-14-7-5-4-6-8-14/h4-8,12-13,15,17H,9-11H2,1-3H3,(H,18,19)/t13?,15-/m0/s1. The number of carboxylic acids is 1. The van der Waals surface area contributed by atoms with Gasteiger partial charge in [-0.3, -0.25) is 4.79 Å². The molecule has 0 spiro atoms. The second kappa shape index (κ2) is 7.95. The first-order valence-corrected chi connectivity index (χ1v) is 6.99. The number of carbonyl (C=O) groups is 1. The van der Waals surface area contributed by atoms with Gasteiger partial charge in [-0.05, 0) is 36.8 Å². The first-order valence-electron chi connectivity index (χ1n) is 6.99. The normalized spacial score (nSPS) is 14.3. The summed E-state index contributed by atoms with van der Waals surface area (Å²) in [5.41, 5.74) is 1.30. The van der Waals surface area contributed by atoms with E-state index in [2.05, 4.69) is 24.4 Å². The van der Waals surface area contributed by atoms with Crippen LogP contribution in [0.1, 0.15) is 32.8 Å². The molecule has 0 heterocycles. The van der Waals surface area contributed by atoms with E-state index in [0.29, 0.717) is 18.3 Å². The molecule has 1 rings (SSSR count). The fourth-order valence-electron chi connectivity index (χ4n) is 2.17. The Morgan fingerprint density at radius 1 is 1.21 bits per heavy atom. The van der Waals surface area contributed by atoms with Gasteiger partial charge in [0.2, 0.25) is 0 Å². The van der Waals surface area contributed by atoms with Crippen LogP contribution in [-0.4, -0.2) is 23.7 Å². The third-order valence-corrected chi connectivity index (χ3v) is 3.14. The molecule has 1 aromatic rings. The summed E-state index contributed by atoms with van der Waals surface area (Å²) in [4.78, 5) is 11.1. The summed E-state index contributed by atoms with van der Waals surface area (Å²) in [6, 6.07) is 9.87. The van der Waals surface area contributed by atoms with Gasteiger partial charge in [-0.1, -0.05) is 51.1 Å². The van der Waals surface area contributed by atoms with E-state index in [1.807, 2.05) is 32.0 Å². The largest absolute Gasteiger partial charge is 0.480 e. The van der Waals surface area contributed by atoms with E-state index in [1.165, 1.54) is 5.56 Å². The monoisotopic (exact) mass is 263 g/mol. The van der Waals surface area contributed by atoms with Gasteiger partial charge in [0.15, 0.2) is 0 Å². The van der Waals surface area contributed by atoms with E-state index in [1.54, 1.807) is 0 Å². The molecule has 3 heteroatoms. The highest BCUT2D eigenvalue weighted by Gasteiger charge is 2.18. The average molecular weight is 263 g/mol. The Morgan fingerprint density at radius 3 is 2.37 bits per heavy atom. The lowest BCUT2D eigenvalue weighted by Crippen LogP contribution is -2.40. The first-order chi connectivity index (χ1) is 8.99. The molecule has 1 unspecified atom stereocenters. The van der Waals surface area contributed by atoms with E-state index in [0.717, 1.165) is 13.0 Å². The van der Waals surface area contributed by atoms with Crippen LogP contribution in [0.4, 0.5) is 0 Å². The van der Waals surface area contributed by atoms with Gasteiger partial charge in [-0.15, -0.1) is 0 Å². The van der Waals surface area contributed by atoms with E-state index < -0.39 is 12.0 Å². The molecule has 0 aliphatic heterocycles. The molecular weight excluding hydrogens is 238 g/mol. The van der Waals surface area contributed by atoms with Crippen LogP contribution in [0.5, 0.6) is 0 Å². The number of benzene rings is 1. The predicted molar refractivity (Wildman–Crippen MR) is 78.2 cm³/mol. The van der Waals surface area contributed by atoms with Gasteiger partial charge in [0, 0.05) is 0 Å². The molecule has 0 fully saturated rings. The number of hydrogen-bond donors (Lipinski definition) is 2. The molecule has 0 amide bonds. The van der Waals surface area contributed by atoms with E-state index in [-0.39, 0.29) is 0 Å². The molecule has 0 saturated carbocycles. The van der Waals surface area contributed by atoms with Gasteiger partial charge in [0.05, 0.1) is 0 Å². The SMILES string of the molecule is CC(C)C[C@H](NCC(C)Cc1ccccc1)C(=O)O. The fourth-order valence-corrected chi connectivity index (χ4v) is 2.17. The summed E-state index contributed by atoms with van der Waals surface area (Å²) in [7, 11) is 0. The minimum atomic E-state index is -0.749. The lowest BCUT2D eigenvalue weighted by atomic mass is 9.99. The Kier molecular flexibility index (Phi) is 6.57. The molecule has 0 aliphatic carbocycles. The van der Waals surface area contributed by atoms with Crippen LogP contribution in [0.3, 0.4) is 0 Å². The Balaban J connectivity index is 2.39. The van der Waals surface area contributed by atoms with Crippen molar-refractivity contribution in [3.05, 3.63) is 35.9 Å². The summed E-state index contributed by atoms with van der Waals surface area (Å²) >= 11 is 0. The Labute approximate surface area is 116 Å². The van der Waals surface area contributed by atoms with Crippen LogP contribution >= 0.6 is 0 Å². The van der Waals surface area contributed by atoms with Gasteiger partial charge in [-0.25, -0.2) is 0 Å². The zero-order valence-electron chi connectivity index (χ0n) is 12.1. The summed E-state index contributed by atoms with van der Waals surface area (Å²) in [5, 5.41) is 12.3. The molecule has 0 aliphatic rings. The maximum absolute atomic E-state index is 11.1. The molecule has 0 aromatic heterocycles. The van der Waals surface area contributed by atoms with Crippen molar-refractivity contribution in [1.29, 1.82) is 0 Å². The van der Waals surface area contributed by atoms with Crippen LogP contribution in [0.2, 0.25) is 0 Å². The maximum atomic E-state index is 11.1. The zero-order chi connectivity index (χ0) is 14.3. The van der Waals surface area contributed by atoms with Crippen molar-refractivity contribution in [3.8, 4) is 0 Å². The highest BCUT2D eigenvalue weighted by atomic mass is 16.4. The number of hydrogen-bond acceptors (Lipinski definition) is 2. The zero-order valence-corrected chi connectivity index (χ0v) is 12.1. The van der Waals surface area contributed by atoms with E-state index in [9.17, 15) is 4.79 Å². The van der Waals surface area contributed by atoms with E-state index in [4.69, 9.17) is 5.11 Å². The molecule has 106 valence electrons. The summed E-state index contributed by atoms with van der Waals surface area (Å²) < 4.78 is 0. The van der Waals surface area contributed by atoms with Crippen LogP contribution < -0.4 is 5.32 Å². The van der Waals surface area contributed by atoms with Crippen molar-refractivity contribution in [2.75, 3.05) is 6.54 Å². The fraction of sp³-hybridized carbons (Fsp3) is 0.562. The third kappa shape index (κ3) is 6.39. The second-order valence-electron chi connectivity index (χ2n) is 5.72. The highest BCUT2D eigenvalue weighted by molar-refractivity contribution is 5.73. The third-order valence-electron chi connectivity index (χ3n) is 3.14. The predicted octanol–water partition coefficient (Wildman–Crippen LogP) is 2.95. The van der Waals surface area contributed by atoms with Crippen LogP contribution in [0.15, 0.2) is 30.3 Å². The molecule has 1 aromatic carbocycles. The summed E-state index contributed by atoms with van der Waals surface area (Å²) in [6.45, 7) is 6.98. The quantitative estimate of drug-likeness (QED) is 0.758. The molecule has 0 radical (unpaired) electrons. The topological polar surface area (TPSA) is 49.3 Å². The van der Waals surface area contributed by atoms with Crippen molar-refractivity contribution in [2.24, 2.45) is 11.8 Å². The lowest BCUT2D eigenvalue weighted by Gasteiger charge is -2.19. The second-order valence-corrected chi connectivity index (χ2v) is 5.72. The maximum Gasteiger partial charge on any atom is 0.320 e. The van der Waals surface area contributed by atoms with E-state index >= 15 is 0 Å². The number of rotatable bonds is 8. The lowest BCUT2D eigenvalue weighted by molar-refractivity contribution is -0.139. The van der Waals surface area contributed by atoms with Crippen molar-refractivity contribution in [2.45, 2.75) is 39.7 Å². The Morgan fingerprint density at radius 2 is 1.84 bits per heavy atom. The van der Waals surface area contributed by atoms with Gasteiger partial charge in [0.25, 0.3) is 0 Å². The van der Waals surface area contributed by atoms with Crippen LogP contribution in [0.25, 0.3) is 0 Å². The minimum absolute atomic E-state index is 0.387. The molecule has 2 atom stereocenters. The van der Waals surface area contributed by atoms with Crippen LogP contribution in [-0.2, 0) is 11.2 Å². The van der Waals surface area contributed by atoms with Crippen molar-refractivity contribution < 1.29 is 9.90 Å². The average Bonchev–Trinajstić information content (AvgIpc) is 2.35. The van der Waals surface area contributed by atoms with Gasteiger partial charge < -0.3 is 10.4 Å². The number of carboxylic acid groups (broad SMARTS) is 1. The molecular formula is C16H25NO2. The highest BCUT2D eigenvalue weighted by Crippen LogP contribution is 2.09. The Hall–Kier alpha value is -1.35.